The Balaban J connectivity index is 2.63. The van der Waals surface area contributed by atoms with Crippen LogP contribution >= 0.6 is 0 Å². The van der Waals surface area contributed by atoms with E-state index in [1.165, 1.54) is 0 Å². The number of hydrogen-bond acceptors (Lipinski definition) is 3. The van der Waals surface area contributed by atoms with Gasteiger partial charge in [-0.1, -0.05) is 12.1 Å². The Bertz CT molecular complexity index is 613. The highest BCUT2D eigenvalue weighted by atomic mass is 16.4. The quantitative estimate of drug-likeness (QED) is 0.585. The van der Waals surface area contributed by atoms with E-state index in [1.807, 2.05) is 12.1 Å². The molecule has 3 aromatic rings. The van der Waals surface area contributed by atoms with Gasteiger partial charge in [0.25, 0.3) is 0 Å². The molecule has 0 unspecified atom stereocenters. The fourth-order valence-electron chi connectivity index (χ4n) is 1.64. The largest absolute Gasteiger partial charge is 0.504 e. The Kier molecular flexibility index (Phi) is 1.31. The SMILES string of the molecule is Oc1cccc2c1oc1cnccc12. The van der Waals surface area contributed by atoms with Crippen molar-refractivity contribution in [2.24, 2.45) is 0 Å². The topological polar surface area (TPSA) is 46.3 Å². The van der Waals surface area contributed by atoms with E-state index < -0.39 is 0 Å². The molecule has 3 rings (SSSR count). The highest BCUT2D eigenvalue weighted by Gasteiger charge is 2.08. The van der Waals surface area contributed by atoms with Crippen LogP contribution in [0.5, 0.6) is 5.75 Å². The Labute approximate surface area is 79.6 Å². The summed E-state index contributed by atoms with van der Waals surface area (Å²) < 4.78 is 5.47. The third-order valence-electron chi connectivity index (χ3n) is 2.28. The lowest BCUT2D eigenvalue weighted by molar-refractivity contribution is 0.468. The molecule has 0 atom stereocenters. The van der Waals surface area contributed by atoms with Gasteiger partial charge in [-0.2, -0.15) is 0 Å². The molecule has 0 aliphatic heterocycles. The fourth-order valence-corrected chi connectivity index (χ4v) is 1.64. The Hall–Kier alpha value is -2.03. The van der Waals surface area contributed by atoms with Gasteiger partial charge in [0.2, 0.25) is 0 Å². The number of phenolic OH excluding ortho intramolecular Hbond substituents is 1. The number of aromatic hydroxyl groups is 1. The van der Waals surface area contributed by atoms with Crippen molar-refractivity contribution in [2.45, 2.75) is 0 Å². The van der Waals surface area contributed by atoms with E-state index in [4.69, 9.17) is 4.42 Å². The van der Waals surface area contributed by atoms with Gasteiger partial charge in [-0.25, -0.2) is 0 Å². The molecular weight excluding hydrogens is 178 g/mol. The molecule has 0 bridgehead atoms. The van der Waals surface area contributed by atoms with Crippen LogP contribution in [-0.2, 0) is 0 Å². The van der Waals surface area contributed by atoms with Gasteiger partial charge in [0.1, 0.15) is 0 Å². The number of benzene rings is 1. The van der Waals surface area contributed by atoms with E-state index in [0.717, 1.165) is 10.8 Å². The lowest BCUT2D eigenvalue weighted by Gasteiger charge is -1.90. The number of fused-ring (bicyclic) bond motifs is 3. The summed E-state index contributed by atoms with van der Waals surface area (Å²) in [5.41, 5.74) is 1.22. The highest BCUT2D eigenvalue weighted by Crippen LogP contribution is 2.32. The molecule has 3 nitrogen and oxygen atoms in total. The van der Waals surface area contributed by atoms with Crippen molar-refractivity contribution in [3.05, 3.63) is 36.7 Å². The average Bonchev–Trinajstić information content (AvgIpc) is 2.59. The van der Waals surface area contributed by atoms with Crippen molar-refractivity contribution in [1.82, 2.24) is 4.98 Å². The molecule has 2 aromatic heterocycles. The molecule has 1 aromatic carbocycles. The zero-order valence-corrected chi connectivity index (χ0v) is 7.27. The first-order chi connectivity index (χ1) is 6.86. The second-order valence-corrected chi connectivity index (χ2v) is 3.13. The first-order valence-corrected chi connectivity index (χ1v) is 4.30. The maximum atomic E-state index is 9.56. The molecule has 0 spiro atoms. The Morgan fingerprint density at radius 1 is 1.14 bits per heavy atom. The van der Waals surface area contributed by atoms with Gasteiger partial charge in [0, 0.05) is 17.0 Å². The normalized spacial score (nSPS) is 11.1. The second-order valence-electron chi connectivity index (χ2n) is 3.13. The lowest BCUT2D eigenvalue weighted by Crippen LogP contribution is -1.68. The molecule has 2 heterocycles. The number of rotatable bonds is 0. The van der Waals surface area contributed by atoms with Crippen molar-refractivity contribution in [3.8, 4) is 5.75 Å². The smallest absolute Gasteiger partial charge is 0.177 e. The minimum absolute atomic E-state index is 0.165. The number of hydrogen-bond donors (Lipinski definition) is 1. The van der Waals surface area contributed by atoms with E-state index in [0.29, 0.717) is 11.2 Å². The Morgan fingerprint density at radius 3 is 3.00 bits per heavy atom. The van der Waals surface area contributed by atoms with Crippen LogP contribution in [0, 0.1) is 0 Å². The van der Waals surface area contributed by atoms with Gasteiger partial charge in [0.15, 0.2) is 16.9 Å². The van der Waals surface area contributed by atoms with E-state index in [9.17, 15) is 5.11 Å². The van der Waals surface area contributed by atoms with Crippen molar-refractivity contribution >= 4 is 21.9 Å². The zero-order valence-electron chi connectivity index (χ0n) is 7.27. The molecule has 1 N–H and O–H groups in total. The molecule has 0 saturated carbocycles. The van der Waals surface area contributed by atoms with Gasteiger partial charge in [-0.15, -0.1) is 0 Å². The van der Waals surface area contributed by atoms with Crippen LogP contribution in [0.15, 0.2) is 41.1 Å². The molecule has 0 aliphatic rings. The number of para-hydroxylation sites is 1. The highest BCUT2D eigenvalue weighted by molar-refractivity contribution is 6.06. The van der Waals surface area contributed by atoms with Crippen LogP contribution in [0.2, 0.25) is 0 Å². The zero-order chi connectivity index (χ0) is 9.54. The molecule has 0 radical (unpaired) electrons. The van der Waals surface area contributed by atoms with Crippen molar-refractivity contribution < 1.29 is 9.52 Å². The number of aromatic nitrogens is 1. The maximum absolute atomic E-state index is 9.56. The molecule has 0 amide bonds. The average molecular weight is 185 g/mol. The summed E-state index contributed by atoms with van der Waals surface area (Å²) in [5, 5.41) is 11.5. The Morgan fingerprint density at radius 2 is 2.07 bits per heavy atom. The van der Waals surface area contributed by atoms with Gasteiger partial charge < -0.3 is 9.52 Å². The molecule has 68 valence electrons. The minimum atomic E-state index is 0.165. The van der Waals surface area contributed by atoms with Crippen LogP contribution in [0.3, 0.4) is 0 Å². The summed E-state index contributed by atoms with van der Waals surface area (Å²) in [6, 6.07) is 7.20. The van der Waals surface area contributed by atoms with Crippen LogP contribution in [0.4, 0.5) is 0 Å². The standard InChI is InChI=1S/C11H7NO2/c13-9-3-1-2-8-7-4-5-12-6-10(7)14-11(8)9/h1-6,13H. The first kappa shape index (κ1) is 7.38. The molecule has 14 heavy (non-hydrogen) atoms. The van der Waals surface area contributed by atoms with Gasteiger partial charge in [-0.3, -0.25) is 4.98 Å². The molecule has 3 heteroatoms. The molecular formula is C11H7NO2. The van der Waals surface area contributed by atoms with E-state index in [1.54, 1.807) is 24.5 Å². The van der Waals surface area contributed by atoms with Crippen molar-refractivity contribution in [2.75, 3.05) is 0 Å². The van der Waals surface area contributed by atoms with E-state index in [2.05, 4.69) is 4.98 Å². The van der Waals surface area contributed by atoms with Crippen molar-refractivity contribution in [3.63, 3.8) is 0 Å². The first-order valence-electron chi connectivity index (χ1n) is 4.30. The summed E-state index contributed by atoms with van der Waals surface area (Å²) in [6.45, 7) is 0. The summed E-state index contributed by atoms with van der Waals surface area (Å²) >= 11 is 0. The van der Waals surface area contributed by atoms with Crippen LogP contribution in [-0.4, -0.2) is 10.1 Å². The predicted octanol–water partition coefficient (Wildman–Crippen LogP) is 2.69. The van der Waals surface area contributed by atoms with E-state index in [-0.39, 0.29) is 5.75 Å². The fraction of sp³-hybridized carbons (Fsp3) is 0. The lowest BCUT2D eigenvalue weighted by atomic mass is 10.2. The molecule has 0 fully saturated rings. The summed E-state index contributed by atoms with van der Waals surface area (Å²) in [6.07, 6.45) is 3.36. The maximum Gasteiger partial charge on any atom is 0.177 e. The third-order valence-corrected chi connectivity index (χ3v) is 2.28. The van der Waals surface area contributed by atoms with Gasteiger partial charge in [-0.05, 0) is 12.1 Å². The molecule has 0 saturated heterocycles. The summed E-state index contributed by atoms with van der Waals surface area (Å²) in [5.74, 6) is 0.165. The van der Waals surface area contributed by atoms with Crippen LogP contribution < -0.4 is 0 Å². The molecule has 0 aliphatic carbocycles. The summed E-state index contributed by atoms with van der Waals surface area (Å²) in [7, 11) is 0. The number of pyridine rings is 1. The van der Waals surface area contributed by atoms with Crippen LogP contribution in [0.1, 0.15) is 0 Å². The minimum Gasteiger partial charge on any atom is -0.504 e. The number of furan rings is 1. The van der Waals surface area contributed by atoms with Crippen molar-refractivity contribution in [1.29, 1.82) is 0 Å². The van der Waals surface area contributed by atoms with Gasteiger partial charge >= 0.3 is 0 Å². The van der Waals surface area contributed by atoms with E-state index >= 15 is 0 Å². The third kappa shape index (κ3) is 0.836. The monoisotopic (exact) mass is 185 g/mol. The number of phenols is 1. The van der Waals surface area contributed by atoms with Crippen LogP contribution in [0.25, 0.3) is 21.9 Å². The van der Waals surface area contributed by atoms with Gasteiger partial charge in [0.05, 0.1) is 6.20 Å². The predicted molar refractivity (Wildman–Crippen MR) is 53.2 cm³/mol. The second kappa shape index (κ2) is 2.48. The number of nitrogens with zero attached hydrogens (tertiary/aromatic N) is 1. The summed E-state index contributed by atoms with van der Waals surface area (Å²) in [4.78, 5) is 3.96.